The maximum atomic E-state index is 12.7. The van der Waals surface area contributed by atoms with E-state index in [0.717, 1.165) is 25.2 Å². The van der Waals surface area contributed by atoms with Gasteiger partial charge in [-0.25, -0.2) is 8.42 Å². The Bertz CT molecular complexity index is 1280. The number of rotatable bonds is 7. The van der Waals surface area contributed by atoms with Gasteiger partial charge in [0.25, 0.3) is 15.9 Å². The van der Waals surface area contributed by atoms with Crippen molar-refractivity contribution in [3.63, 3.8) is 0 Å². The summed E-state index contributed by atoms with van der Waals surface area (Å²) in [5.74, 6) is -0.273. The molecule has 1 saturated heterocycles. The third-order valence-corrected chi connectivity index (χ3v) is 7.23. The molecule has 1 heterocycles. The van der Waals surface area contributed by atoms with Crippen molar-refractivity contribution in [2.75, 3.05) is 36.3 Å². The Balaban J connectivity index is 1.41. The lowest BCUT2D eigenvalue weighted by atomic mass is 10.1. The summed E-state index contributed by atoms with van der Waals surface area (Å²) < 4.78 is 33.2. The fourth-order valence-electron chi connectivity index (χ4n) is 3.53. The lowest BCUT2D eigenvalue weighted by Gasteiger charge is -2.26. The van der Waals surface area contributed by atoms with Crippen LogP contribution < -0.4 is 10.0 Å². The Kier molecular flexibility index (Phi) is 7.75. The van der Waals surface area contributed by atoms with Crippen LogP contribution in [0.3, 0.4) is 0 Å². The van der Waals surface area contributed by atoms with Crippen molar-refractivity contribution in [1.82, 2.24) is 4.90 Å². The minimum absolute atomic E-state index is 0.0315. The van der Waals surface area contributed by atoms with Crippen molar-refractivity contribution in [2.45, 2.75) is 11.4 Å². The van der Waals surface area contributed by atoms with Gasteiger partial charge in [0.15, 0.2) is 0 Å². The molecule has 4 rings (SSSR count). The largest absolute Gasteiger partial charge is 0.379 e. The molecule has 1 amide bonds. The van der Waals surface area contributed by atoms with Crippen LogP contribution >= 0.6 is 23.2 Å². The van der Waals surface area contributed by atoms with Crippen molar-refractivity contribution in [1.29, 1.82) is 0 Å². The number of carbonyl (C=O) groups is 1. The Morgan fingerprint density at radius 3 is 2.41 bits per heavy atom. The average molecular weight is 520 g/mol. The van der Waals surface area contributed by atoms with Gasteiger partial charge < -0.3 is 10.1 Å². The van der Waals surface area contributed by atoms with Crippen LogP contribution in [0.15, 0.2) is 71.6 Å². The second-order valence-electron chi connectivity index (χ2n) is 7.80. The first kappa shape index (κ1) is 24.5. The zero-order valence-electron chi connectivity index (χ0n) is 18.1. The monoisotopic (exact) mass is 519 g/mol. The Morgan fingerprint density at radius 2 is 1.71 bits per heavy atom. The number of hydrogen-bond donors (Lipinski definition) is 2. The maximum Gasteiger partial charge on any atom is 0.261 e. The van der Waals surface area contributed by atoms with Gasteiger partial charge in [-0.05, 0) is 60.2 Å². The molecule has 10 heteroatoms. The topological polar surface area (TPSA) is 87.7 Å². The van der Waals surface area contributed by atoms with E-state index < -0.39 is 10.0 Å². The van der Waals surface area contributed by atoms with Gasteiger partial charge in [0, 0.05) is 35.9 Å². The van der Waals surface area contributed by atoms with E-state index in [1.165, 1.54) is 36.4 Å². The lowest BCUT2D eigenvalue weighted by Crippen LogP contribution is -2.35. The van der Waals surface area contributed by atoms with Gasteiger partial charge in [-0.1, -0.05) is 35.3 Å². The molecule has 2 N–H and O–H groups in total. The van der Waals surface area contributed by atoms with E-state index in [0.29, 0.717) is 29.5 Å². The van der Waals surface area contributed by atoms with E-state index in [2.05, 4.69) is 14.9 Å². The summed E-state index contributed by atoms with van der Waals surface area (Å²) >= 11 is 11.9. The van der Waals surface area contributed by atoms with Crippen LogP contribution in [0.4, 0.5) is 11.4 Å². The van der Waals surface area contributed by atoms with E-state index in [-0.39, 0.29) is 21.5 Å². The number of morpholine rings is 1. The van der Waals surface area contributed by atoms with Crippen LogP contribution in [0, 0.1) is 0 Å². The number of ether oxygens (including phenoxy) is 1. The molecule has 0 bridgehead atoms. The number of amides is 1. The van der Waals surface area contributed by atoms with Crippen LogP contribution in [-0.4, -0.2) is 45.5 Å². The quantitative estimate of drug-likeness (QED) is 0.464. The summed E-state index contributed by atoms with van der Waals surface area (Å²) in [6.07, 6.45) is 0. The van der Waals surface area contributed by atoms with Gasteiger partial charge in [-0.2, -0.15) is 0 Å². The number of sulfonamides is 1. The predicted molar refractivity (Wildman–Crippen MR) is 134 cm³/mol. The molecule has 0 aromatic heterocycles. The molecule has 1 fully saturated rings. The highest BCUT2D eigenvalue weighted by Crippen LogP contribution is 2.28. The molecule has 1 aliphatic rings. The lowest BCUT2D eigenvalue weighted by molar-refractivity contribution is 0.0342. The van der Waals surface area contributed by atoms with Gasteiger partial charge in [0.1, 0.15) is 0 Å². The fourth-order valence-corrected chi connectivity index (χ4v) is 5.12. The zero-order chi connectivity index (χ0) is 24.1. The number of carbonyl (C=O) groups excluding carboxylic acids is 1. The SMILES string of the molecule is O=C(Nc1ccc(S(=O)(=O)Nc2ccc(Cl)cc2Cl)cc1)c1cccc(CN2CCOCC2)c1. The first-order valence-corrected chi connectivity index (χ1v) is 12.8. The molecular weight excluding hydrogens is 497 g/mol. The van der Waals surface area contributed by atoms with Crippen LogP contribution in [0.5, 0.6) is 0 Å². The first-order chi connectivity index (χ1) is 16.3. The zero-order valence-corrected chi connectivity index (χ0v) is 20.5. The summed E-state index contributed by atoms with van der Waals surface area (Å²) in [5.41, 5.74) is 2.27. The summed E-state index contributed by atoms with van der Waals surface area (Å²) in [6.45, 7) is 3.92. The summed E-state index contributed by atoms with van der Waals surface area (Å²) in [4.78, 5) is 15.1. The Morgan fingerprint density at radius 1 is 0.971 bits per heavy atom. The van der Waals surface area contributed by atoms with Crippen molar-refractivity contribution in [3.8, 4) is 0 Å². The minimum Gasteiger partial charge on any atom is -0.379 e. The van der Waals surface area contributed by atoms with E-state index in [1.807, 2.05) is 18.2 Å². The molecule has 0 saturated carbocycles. The van der Waals surface area contributed by atoms with E-state index in [1.54, 1.807) is 12.1 Å². The molecule has 0 radical (unpaired) electrons. The number of hydrogen-bond acceptors (Lipinski definition) is 5. The molecule has 0 spiro atoms. The molecule has 0 aliphatic carbocycles. The normalized spacial score (nSPS) is 14.5. The van der Waals surface area contributed by atoms with Crippen LogP contribution in [0.25, 0.3) is 0 Å². The number of nitrogens with zero attached hydrogens (tertiary/aromatic N) is 1. The highest BCUT2D eigenvalue weighted by Gasteiger charge is 2.17. The standard InChI is InChI=1S/C24H23Cl2N3O4S/c25-19-4-9-23(22(26)15-19)28-34(31,32)21-7-5-20(6-8-21)27-24(30)18-3-1-2-17(14-18)16-29-10-12-33-13-11-29/h1-9,14-15,28H,10-13,16H2,(H,27,30). The number of anilines is 2. The van der Waals surface area contributed by atoms with Gasteiger partial charge >= 0.3 is 0 Å². The van der Waals surface area contributed by atoms with Crippen LogP contribution in [-0.2, 0) is 21.3 Å². The van der Waals surface area contributed by atoms with Crippen molar-refractivity contribution in [2.24, 2.45) is 0 Å². The van der Waals surface area contributed by atoms with Crippen molar-refractivity contribution < 1.29 is 17.9 Å². The highest BCUT2D eigenvalue weighted by atomic mass is 35.5. The number of benzene rings is 3. The highest BCUT2D eigenvalue weighted by molar-refractivity contribution is 7.92. The van der Waals surface area contributed by atoms with E-state index in [9.17, 15) is 13.2 Å². The molecule has 3 aromatic rings. The van der Waals surface area contributed by atoms with Crippen LogP contribution in [0.1, 0.15) is 15.9 Å². The van der Waals surface area contributed by atoms with Crippen molar-refractivity contribution >= 4 is 50.5 Å². The van der Waals surface area contributed by atoms with Gasteiger partial charge in [-0.3, -0.25) is 14.4 Å². The molecule has 3 aromatic carbocycles. The maximum absolute atomic E-state index is 12.7. The van der Waals surface area contributed by atoms with Crippen molar-refractivity contribution in [3.05, 3.63) is 87.9 Å². The van der Waals surface area contributed by atoms with E-state index >= 15 is 0 Å². The summed E-state index contributed by atoms with van der Waals surface area (Å²) in [5, 5.41) is 3.40. The second kappa shape index (κ2) is 10.8. The van der Waals surface area contributed by atoms with E-state index in [4.69, 9.17) is 27.9 Å². The third kappa shape index (κ3) is 6.28. The first-order valence-electron chi connectivity index (χ1n) is 10.6. The average Bonchev–Trinajstić information content (AvgIpc) is 2.82. The van der Waals surface area contributed by atoms with Gasteiger partial charge in [0.05, 0.1) is 28.8 Å². The molecule has 0 atom stereocenters. The predicted octanol–water partition coefficient (Wildman–Crippen LogP) is 4.88. The molecule has 178 valence electrons. The Labute approximate surface area is 208 Å². The van der Waals surface area contributed by atoms with Gasteiger partial charge in [0.2, 0.25) is 0 Å². The number of nitrogens with one attached hydrogen (secondary N) is 2. The van der Waals surface area contributed by atoms with Crippen LogP contribution in [0.2, 0.25) is 10.0 Å². The fraction of sp³-hybridized carbons (Fsp3) is 0.208. The molecular formula is C24H23Cl2N3O4S. The van der Waals surface area contributed by atoms with Gasteiger partial charge in [-0.15, -0.1) is 0 Å². The number of halogens is 2. The molecule has 0 unspecified atom stereocenters. The third-order valence-electron chi connectivity index (χ3n) is 5.30. The Hall–Kier alpha value is -2.62. The molecule has 34 heavy (non-hydrogen) atoms. The smallest absolute Gasteiger partial charge is 0.261 e. The summed E-state index contributed by atoms with van der Waals surface area (Å²) in [6, 6.07) is 17.8. The molecule has 1 aliphatic heterocycles. The molecule has 7 nitrogen and oxygen atoms in total. The summed E-state index contributed by atoms with van der Waals surface area (Å²) in [7, 11) is -3.87. The minimum atomic E-state index is -3.87. The second-order valence-corrected chi connectivity index (χ2v) is 10.3.